The van der Waals surface area contributed by atoms with Crippen LogP contribution in [-0.2, 0) is 0 Å². The van der Waals surface area contributed by atoms with Crippen LogP contribution >= 0.6 is 11.6 Å². The topological polar surface area (TPSA) is 73.8 Å². The molecule has 0 unspecified atom stereocenters. The number of benzene rings is 2. The third kappa shape index (κ3) is 7.00. The van der Waals surface area contributed by atoms with E-state index in [1.807, 2.05) is 4.90 Å². The van der Waals surface area contributed by atoms with Crippen molar-refractivity contribution in [3.05, 3.63) is 64.4 Å². The molecule has 36 heavy (non-hydrogen) atoms. The minimum Gasteiger partial charge on any atom is -0.335 e. The molecule has 4 rings (SSSR count). The molecule has 3 amide bonds. The van der Waals surface area contributed by atoms with Crippen molar-refractivity contribution in [3.8, 4) is 0 Å². The average molecular weight is 521 g/mol. The van der Waals surface area contributed by atoms with Crippen LogP contribution in [0.15, 0.2) is 41.4 Å². The number of likely N-dealkylation sites (tertiary alicyclic amines) is 1. The van der Waals surface area contributed by atoms with Crippen LogP contribution in [0, 0.1) is 23.4 Å². The molecule has 0 bridgehead atoms. The van der Waals surface area contributed by atoms with Crippen molar-refractivity contribution < 1.29 is 22.8 Å². The van der Waals surface area contributed by atoms with Gasteiger partial charge >= 0.3 is 6.03 Å². The fourth-order valence-corrected chi connectivity index (χ4v) is 4.91. The summed E-state index contributed by atoms with van der Waals surface area (Å²) in [5.41, 5.74) is 0.166. The predicted molar refractivity (Wildman–Crippen MR) is 132 cm³/mol. The highest BCUT2D eigenvalue weighted by atomic mass is 35.5. The molecule has 2 fully saturated rings. The number of aliphatic imine (C=N–C) groups is 1. The molecule has 1 aliphatic heterocycles. The van der Waals surface area contributed by atoms with Gasteiger partial charge in [0.1, 0.15) is 11.7 Å². The molecule has 6 nitrogen and oxygen atoms in total. The van der Waals surface area contributed by atoms with Crippen LogP contribution in [-0.4, -0.2) is 41.8 Å². The zero-order valence-electron chi connectivity index (χ0n) is 19.7. The summed E-state index contributed by atoms with van der Waals surface area (Å²) in [4.78, 5) is 31.4. The van der Waals surface area contributed by atoms with E-state index in [1.165, 1.54) is 18.2 Å². The predicted octanol–water partition coefficient (Wildman–Crippen LogP) is 5.97. The maximum atomic E-state index is 13.8. The van der Waals surface area contributed by atoms with Crippen molar-refractivity contribution in [1.82, 2.24) is 15.5 Å². The minimum absolute atomic E-state index is 0.0139. The lowest BCUT2D eigenvalue weighted by atomic mass is 9.84. The summed E-state index contributed by atoms with van der Waals surface area (Å²) >= 11 is 5.95. The summed E-state index contributed by atoms with van der Waals surface area (Å²) < 4.78 is 40.8. The second kappa shape index (κ2) is 11.8. The quantitative estimate of drug-likeness (QED) is 0.376. The first kappa shape index (κ1) is 26.0. The summed E-state index contributed by atoms with van der Waals surface area (Å²) in [6, 6.07) is 6.77. The van der Waals surface area contributed by atoms with Gasteiger partial charge in [0.25, 0.3) is 5.91 Å². The number of amidine groups is 1. The standard InChI is InChI=1S/C26H28ClF3N4O2/c27-18-13-19(28)15-21(14-18)31-24(33-25(35)17-5-8-22(29)23(30)12-17)11-16-3-6-20(7-4-16)32-26(36)34-9-1-2-10-34/h5,8,12-16,20H,1-4,6-7,9-11H2,(H,32,36)(H,31,33,35). The van der Waals surface area contributed by atoms with Gasteiger partial charge in [0.05, 0.1) is 5.69 Å². The van der Waals surface area contributed by atoms with E-state index in [2.05, 4.69) is 15.6 Å². The molecule has 1 heterocycles. The Morgan fingerprint density at radius 1 is 0.972 bits per heavy atom. The van der Waals surface area contributed by atoms with Gasteiger partial charge in [-0.25, -0.2) is 23.0 Å². The molecule has 1 saturated heterocycles. The first-order valence-electron chi connectivity index (χ1n) is 12.1. The van der Waals surface area contributed by atoms with Gasteiger partial charge in [-0.05, 0) is 80.8 Å². The SMILES string of the molecule is O=C(NC(CC1CCC(NC(=O)N2CCCC2)CC1)=Nc1cc(F)cc(Cl)c1)c1ccc(F)c(F)c1. The van der Waals surface area contributed by atoms with Gasteiger partial charge in [0.15, 0.2) is 11.6 Å². The summed E-state index contributed by atoms with van der Waals surface area (Å²) in [6.07, 6.45) is 5.64. The monoisotopic (exact) mass is 520 g/mol. The molecular weight excluding hydrogens is 493 g/mol. The second-order valence-corrected chi connectivity index (χ2v) is 9.77. The number of hydrogen-bond donors (Lipinski definition) is 2. The average Bonchev–Trinajstić information content (AvgIpc) is 3.36. The van der Waals surface area contributed by atoms with E-state index < -0.39 is 23.4 Å². The van der Waals surface area contributed by atoms with Crippen molar-refractivity contribution in [2.75, 3.05) is 13.1 Å². The van der Waals surface area contributed by atoms with E-state index in [1.54, 1.807) is 0 Å². The van der Waals surface area contributed by atoms with Crippen LogP contribution in [0.1, 0.15) is 55.3 Å². The van der Waals surface area contributed by atoms with Gasteiger partial charge in [-0.3, -0.25) is 4.79 Å². The van der Waals surface area contributed by atoms with Gasteiger partial charge < -0.3 is 15.5 Å². The molecule has 2 aromatic carbocycles. The third-order valence-corrected chi connectivity index (χ3v) is 6.82. The number of carbonyl (C=O) groups excluding carboxylic acids is 2. The Bertz CT molecular complexity index is 1130. The Morgan fingerprint density at radius 2 is 1.69 bits per heavy atom. The van der Waals surface area contributed by atoms with Crippen LogP contribution in [0.3, 0.4) is 0 Å². The first-order valence-corrected chi connectivity index (χ1v) is 12.5. The van der Waals surface area contributed by atoms with Crippen LogP contribution < -0.4 is 10.6 Å². The van der Waals surface area contributed by atoms with E-state index in [0.717, 1.165) is 69.8 Å². The number of urea groups is 1. The minimum atomic E-state index is -1.13. The van der Waals surface area contributed by atoms with E-state index in [0.29, 0.717) is 6.42 Å². The first-order chi connectivity index (χ1) is 17.3. The number of carbonyl (C=O) groups is 2. The number of rotatable bonds is 5. The van der Waals surface area contributed by atoms with Gasteiger partial charge in [-0.2, -0.15) is 0 Å². The van der Waals surface area contributed by atoms with Crippen molar-refractivity contribution in [2.24, 2.45) is 10.9 Å². The zero-order chi connectivity index (χ0) is 25.7. The second-order valence-electron chi connectivity index (χ2n) is 9.33. The van der Waals surface area contributed by atoms with Crippen molar-refractivity contribution in [3.63, 3.8) is 0 Å². The van der Waals surface area contributed by atoms with Crippen molar-refractivity contribution in [1.29, 1.82) is 0 Å². The molecule has 2 N–H and O–H groups in total. The molecular formula is C26H28ClF3N4O2. The number of nitrogens with zero attached hydrogens (tertiary/aromatic N) is 2. The Kier molecular flexibility index (Phi) is 8.51. The van der Waals surface area contributed by atoms with E-state index >= 15 is 0 Å². The van der Waals surface area contributed by atoms with Crippen molar-refractivity contribution >= 4 is 35.1 Å². The molecule has 0 radical (unpaired) electrons. The molecule has 0 spiro atoms. The number of amides is 3. The van der Waals surface area contributed by atoms with Crippen molar-refractivity contribution in [2.45, 2.75) is 51.0 Å². The largest absolute Gasteiger partial charge is 0.335 e. The number of nitrogens with one attached hydrogen (secondary N) is 2. The van der Waals surface area contributed by atoms with E-state index in [-0.39, 0.29) is 40.1 Å². The highest BCUT2D eigenvalue weighted by Crippen LogP contribution is 2.29. The molecule has 2 aliphatic rings. The Labute approximate surface area is 212 Å². The zero-order valence-corrected chi connectivity index (χ0v) is 20.5. The van der Waals surface area contributed by atoms with Crippen LogP contribution in [0.2, 0.25) is 5.02 Å². The fraction of sp³-hybridized carbons (Fsp3) is 0.423. The van der Waals surface area contributed by atoms with Crippen LogP contribution in [0.4, 0.5) is 23.7 Å². The Balaban J connectivity index is 1.43. The van der Waals surface area contributed by atoms with Gasteiger partial charge in [-0.1, -0.05) is 11.6 Å². The Hall–Kier alpha value is -3.07. The normalized spacial score (nSPS) is 20.3. The summed E-state index contributed by atoms with van der Waals surface area (Å²) in [5, 5.41) is 5.95. The van der Waals surface area contributed by atoms with Gasteiger partial charge in [-0.15, -0.1) is 0 Å². The summed E-state index contributed by atoms with van der Waals surface area (Å²) in [5.74, 6) is -2.96. The van der Waals surface area contributed by atoms with Crippen LogP contribution in [0.5, 0.6) is 0 Å². The highest BCUT2D eigenvalue weighted by molar-refractivity contribution is 6.30. The molecule has 1 saturated carbocycles. The maximum Gasteiger partial charge on any atom is 0.317 e. The number of halogens is 4. The molecule has 192 valence electrons. The van der Waals surface area contributed by atoms with Gasteiger partial charge in [0.2, 0.25) is 0 Å². The molecule has 2 aromatic rings. The van der Waals surface area contributed by atoms with E-state index in [9.17, 15) is 22.8 Å². The summed E-state index contributed by atoms with van der Waals surface area (Å²) in [7, 11) is 0. The smallest absolute Gasteiger partial charge is 0.317 e. The Morgan fingerprint density at radius 3 is 2.36 bits per heavy atom. The molecule has 0 atom stereocenters. The highest BCUT2D eigenvalue weighted by Gasteiger charge is 2.26. The lowest BCUT2D eigenvalue weighted by Gasteiger charge is -2.30. The lowest BCUT2D eigenvalue weighted by molar-refractivity contribution is 0.0975. The van der Waals surface area contributed by atoms with Crippen LogP contribution in [0.25, 0.3) is 0 Å². The molecule has 0 aromatic heterocycles. The molecule has 10 heteroatoms. The third-order valence-electron chi connectivity index (χ3n) is 6.60. The summed E-state index contributed by atoms with van der Waals surface area (Å²) in [6.45, 7) is 1.59. The molecule has 1 aliphatic carbocycles. The fourth-order valence-electron chi connectivity index (χ4n) is 4.70. The lowest BCUT2D eigenvalue weighted by Crippen LogP contribution is -2.45. The number of hydrogen-bond acceptors (Lipinski definition) is 3. The van der Waals surface area contributed by atoms with E-state index in [4.69, 9.17) is 11.6 Å². The maximum absolute atomic E-state index is 13.8. The van der Waals surface area contributed by atoms with Gasteiger partial charge in [0, 0.05) is 36.1 Å².